The number of amides is 12. The minimum Gasteiger partial charge on any atom is -0.378 e. The molecule has 0 aromatic rings. The lowest BCUT2D eigenvalue weighted by atomic mass is 9.76. The Morgan fingerprint density at radius 2 is 1.26 bits per heavy atom. The number of hydrogen-bond acceptors (Lipinski definition) is 14. The second-order valence-electron chi connectivity index (χ2n) is 30.9. The van der Waals surface area contributed by atoms with Crippen molar-refractivity contribution in [2.75, 3.05) is 102 Å². The molecule has 3 N–H and O–H groups in total. The van der Waals surface area contributed by atoms with Gasteiger partial charge in [0.25, 0.3) is 0 Å². The van der Waals surface area contributed by atoms with Crippen LogP contribution in [-0.4, -0.2) is 296 Å². The van der Waals surface area contributed by atoms with Crippen molar-refractivity contribution < 1.29 is 89.0 Å². The van der Waals surface area contributed by atoms with Crippen molar-refractivity contribution in [1.82, 2.24) is 60.0 Å². The summed E-state index contributed by atoms with van der Waals surface area (Å²) in [6.07, 6.45) is -6.82. The molecule has 0 aromatic carbocycles. The van der Waals surface area contributed by atoms with Gasteiger partial charge in [-0.25, -0.2) is 8.78 Å². The van der Waals surface area contributed by atoms with E-state index in [0.717, 1.165) is 19.6 Å². The molecule has 2 unspecified atom stereocenters. The lowest BCUT2D eigenvalue weighted by molar-refractivity contribution is -0.219. The molecule has 104 heavy (non-hydrogen) atoms. The number of carbonyl (C=O) groups excluding carboxylic acids is 12. The van der Waals surface area contributed by atoms with Gasteiger partial charge in [-0.1, -0.05) is 52.9 Å². The summed E-state index contributed by atoms with van der Waals surface area (Å²) in [6.45, 7) is 5.39. The summed E-state index contributed by atoms with van der Waals surface area (Å²) in [5.41, 5.74) is -1.67. The zero-order valence-corrected chi connectivity index (χ0v) is 63.3. The zero-order valence-electron chi connectivity index (χ0n) is 63.3. The maximum atomic E-state index is 15.7. The maximum Gasteiger partial charge on any atom is 0.397 e. The molecule has 4 saturated carbocycles. The standard InChI is InChI=1S/C73H117F5N12O14/c1-13-33-89-56-37-45-25-28-48(29-26-45)104-34-21-18-24-53(64(95)80-62(44(4)14-2)69(100)85(9)42-59(93)83(7)43-60(89)94)86(10)58(92)39-55(67(98)82(5)6)87(11)70(101)63(47-22-16-17-23-47)88(12)71(102)72(31-19-20-32-72)81-65(96)54-38-49(103-15-3)40-90(54)66(97)52(79-57(91)41-84(8)68(56)99)30-27-46-35-50(74)61(51(75)36-46)73(76,77)78/h44-56,61-63H,13-43H2,1-12H3,(H,79,91)(H,80,95)(H,81,96)/t44-,45?,46?,48?,49+,50?,51?,52-,53-,54-,55-,56-,61?,62-,63-/m0/s1. The van der Waals surface area contributed by atoms with Crippen LogP contribution >= 0.6 is 0 Å². The number of rotatable bonds is 11. The first-order valence-electron chi connectivity index (χ1n) is 37.9. The fourth-order valence-corrected chi connectivity index (χ4v) is 16.9. The topological polar surface area (TPSA) is 289 Å². The molecule has 9 aliphatic rings. The Hall–Kier alpha value is -6.79. The lowest BCUT2D eigenvalue weighted by Gasteiger charge is -2.42. The van der Waals surface area contributed by atoms with Gasteiger partial charge in [0.1, 0.15) is 66.1 Å². The molecule has 0 radical (unpaired) electrons. The molecular formula is C73H117F5N12O14. The first kappa shape index (κ1) is 84.5. The number of halogens is 5. The van der Waals surface area contributed by atoms with E-state index >= 15 is 42.3 Å². The van der Waals surface area contributed by atoms with Crippen molar-refractivity contribution in [2.45, 2.75) is 260 Å². The molecule has 31 heteroatoms. The molecule has 9 rings (SSSR count). The third-order valence-electron chi connectivity index (χ3n) is 23.3. The molecule has 9 fully saturated rings. The monoisotopic (exact) mass is 1480 g/mol. The van der Waals surface area contributed by atoms with Crippen molar-refractivity contribution >= 4 is 70.9 Å². The summed E-state index contributed by atoms with van der Waals surface area (Å²) in [6, 6.07) is -9.45. The van der Waals surface area contributed by atoms with Gasteiger partial charge in [-0.2, -0.15) is 13.2 Å². The van der Waals surface area contributed by atoms with Crippen molar-refractivity contribution in [3.63, 3.8) is 0 Å². The molecule has 4 aliphatic carbocycles. The third kappa shape index (κ3) is 20.9. The van der Waals surface area contributed by atoms with Crippen LogP contribution < -0.4 is 16.0 Å². The van der Waals surface area contributed by atoms with Crippen LogP contribution in [0.15, 0.2) is 0 Å². The van der Waals surface area contributed by atoms with Crippen LogP contribution in [-0.2, 0) is 67.0 Å². The highest BCUT2D eigenvalue weighted by Crippen LogP contribution is 2.45. The van der Waals surface area contributed by atoms with Gasteiger partial charge < -0.3 is 69.5 Å². The van der Waals surface area contributed by atoms with E-state index in [2.05, 4.69) is 16.0 Å². The molecule has 5 aliphatic heterocycles. The van der Waals surface area contributed by atoms with Gasteiger partial charge in [0.15, 0.2) is 0 Å². The second-order valence-corrected chi connectivity index (χ2v) is 30.9. The Morgan fingerprint density at radius 1 is 0.644 bits per heavy atom. The molecule has 26 nitrogen and oxygen atoms in total. The van der Waals surface area contributed by atoms with Crippen molar-refractivity contribution in [1.29, 1.82) is 0 Å². The van der Waals surface area contributed by atoms with E-state index in [1.165, 1.54) is 80.9 Å². The smallest absolute Gasteiger partial charge is 0.378 e. The average Bonchev–Trinajstić information content (AvgIpc) is 1.53. The molecule has 5 saturated heterocycles. The number of nitrogens with one attached hydrogen (secondary N) is 3. The quantitative estimate of drug-likeness (QED) is 0.186. The Kier molecular flexibility index (Phi) is 30.6. The van der Waals surface area contributed by atoms with Crippen LogP contribution in [0.1, 0.15) is 182 Å². The largest absolute Gasteiger partial charge is 0.397 e. The van der Waals surface area contributed by atoms with Gasteiger partial charge in [0.05, 0.1) is 38.3 Å². The van der Waals surface area contributed by atoms with Gasteiger partial charge in [0, 0.05) is 89.1 Å². The maximum absolute atomic E-state index is 15.7. The lowest BCUT2D eigenvalue weighted by Crippen LogP contribution is -2.65. The van der Waals surface area contributed by atoms with Crippen LogP contribution in [0.2, 0.25) is 0 Å². The zero-order chi connectivity index (χ0) is 76.8. The third-order valence-corrected chi connectivity index (χ3v) is 23.3. The van der Waals surface area contributed by atoms with Crippen LogP contribution in [0, 0.1) is 29.6 Å². The van der Waals surface area contributed by atoms with Gasteiger partial charge in [-0.15, -0.1) is 0 Å². The number of hydrogen-bond donors (Lipinski definition) is 3. The van der Waals surface area contributed by atoms with Crippen molar-refractivity contribution in [3.05, 3.63) is 0 Å². The van der Waals surface area contributed by atoms with E-state index in [4.69, 9.17) is 9.47 Å². The van der Waals surface area contributed by atoms with Crippen LogP contribution in [0.3, 0.4) is 0 Å². The summed E-state index contributed by atoms with van der Waals surface area (Å²) in [5.74, 6) is -13.6. The minimum atomic E-state index is -5.18. The van der Waals surface area contributed by atoms with Crippen LogP contribution in [0.25, 0.3) is 0 Å². The van der Waals surface area contributed by atoms with E-state index in [0.29, 0.717) is 89.9 Å². The van der Waals surface area contributed by atoms with E-state index in [1.807, 2.05) is 6.92 Å². The molecule has 4 bridgehead atoms. The van der Waals surface area contributed by atoms with Crippen molar-refractivity contribution in [3.8, 4) is 0 Å². The van der Waals surface area contributed by atoms with E-state index in [9.17, 15) is 37.1 Å². The highest BCUT2D eigenvalue weighted by atomic mass is 19.4. The fraction of sp³-hybridized carbons (Fsp3) is 0.836. The number of nitrogens with zero attached hydrogens (tertiary/aromatic N) is 9. The molecule has 0 aromatic heterocycles. The number of alkyl halides is 5. The molecule has 11 atom stereocenters. The second kappa shape index (κ2) is 37.6. The molecule has 588 valence electrons. The molecule has 12 amide bonds. The molecular weight excluding hydrogens is 1360 g/mol. The Balaban J connectivity index is 1.35. The van der Waals surface area contributed by atoms with Gasteiger partial charge in [-0.3, -0.25) is 57.5 Å². The van der Waals surface area contributed by atoms with E-state index in [-0.39, 0.29) is 76.9 Å². The molecule has 1 spiro atoms. The summed E-state index contributed by atoms with van der Waals surface area (Å²) in [5, 5.41) is 8.65. The summed E-state index contributed by atoms with van der Waals surface area (Å²) >= 11 is 0. The summed E-state index contributed by atoms with van der Waals surface area (Å²) < 4.78 is 85.3. The average molecular weight is 1480 g/mol. The summed E-state index contributed by atoms with van der Waals surface area (Å²) in [7, 11) is 11.3. The fourth-order valence-electron chi connectivity index (χ4n) is 16.9. The van der Waals surface area contributed by atoms with Crippen LogP contribution in [0.5, 0.6) is 0 Å². The normalized spacial score (nSPS) is 31.9. The highest BCUT2D eigenvalue weighted by molar-refractivity contribution is 6.00. The first-order chi connectivity index (χ1) is 49.1. The van der Waals surface area contributed by atoms with Gasteiger partial charge in [0.2, 0.25) is 70.9 Å². The molecule has 5 heterocycles. The van der Waals surface area contributed by atoms with E-state index < -0.39 is 212 Å². The SMILES string of the molecule is CCCN1C(=O)CN(C)C(=O)CN(C)C(=O)[C@H]([C@@H](C)CC)NC(=O)[C@@H]2CCCCOC3CCC(CC3)C[C@H]1C(=O)N(C)CC(=O)N[C@@H](CCC1CC(F)C(C(F)(F)F)C(F)C1)C(=O)N1C[C@H](OCC)C[C@H]1C(=O)NC1(CCCC1)C(=O)N(C)[C@@H](C1CCCC1)C(=O)N(C)[C@H](C(=O)N(C)C)CC(=O)N2C. The number of ether oxygens (including phenoxy) is 2. The van der Waals surface area contributed by atoms with E-state index in [1.54, 1.807) is 20.8 Å². The Morgan fingerprint density at radius 3 is 1.86 bits per heavy atom. The van der Waals surface area contributed by atoms with Crippen molar-refractivity contribution in [2.24, 2.45) is 29.6 Å². The first-order valence-corrected chi connectivity index (χ1v) is 37.9. The van der Waals surface area contributed by atoms with Gasteiger partial charge >= 0.3 is 6.18 Å². The summed E-state index contributed by atoms with van der Waals surface area (Å²) in [4.78, 5) is 192. The number of fused-ring (bicyclic) bond motifs is 25. The predicted molar refractivity (Wildman–Crippen MR) is 373 cm³/mol. The minimum absolute atomic E-state index is 0.0267. The highest BCUT2D eigenvalue weighted by Gasteiger charge is 2.55. The Labute approximate surface area is 609 Å². The van der Waals surface area contributed by atoms with Crippen LogP contribution in [0.4, 0.5) is 22.0 Å². The Bertz CT molecular complexity index is 3010. The predicted octanol–water partition coefficient (Wildman–Crippen LogP) is 4.78. The number of likely N-dealkylation sites (N-methyl/N-ethyl adjacent to an activating group) is 7. The van der Waals surface area contributed by atoms with Gasteiger partial charge in [-0.05, 0) is 140 Å². The number of carbonyl (C=O) groups is 12.